The molecule has 0 spiro atoms. The normalized spacial score (nSPS) is 21.4. The molecule has 0 N–H and O–H groups in total. The third kappa shape index (κ3) is 32.3. The Bertz CT molecular complexity index is 1400. The molecule has 0 aromatic rings. The Labute approximate surface area is 433 Å². The van der Waals surface area contributed by atoms with Crippen LogP contribution in [0.5, 0.6) is 0 Å². The van der Waals surface area contributed by atoms with Crippen LogP contribution < -0.4 is 0 Å². The first-order chi connectivity index (χ1) is 33.3. The van der Waals surface area contributed by atoms with Gasteiger partial charge in [0, 0.05) is 31.8 Å². The highest BCUT2D eigenvalue weighted by Crippen LogP contribution is 2.42. The van der Waals surface area contributed by atoms with Gasteiger partial charge in [-0.05, 0) is 146 Å². The fourth-order valence-electron chi connectivity index (χ4n) is 11.2. The van der Waals surface area contributed by atoms with E-state index in [4.69, 9.17) is 27.2 Å². The van der Waals surface area contributed by atoms with Crippen LogP contribution in [0.25, 0.3) is 0 Å². The molecule has 0 amide bonds. The standard InChI is InChI=1S/C56H108F2O8Si4/c1-11-55(59)63-41-29-33-45-69(7,8)65-67(3,4)43-31-25-21-17-13-15-19-23-27-39-61-50-37-35-49(36-38-50)51-47-53(58)54(48-52(51)57)62-40-28-24-20-16-14-18-22-26-32-44-68(5,6)66-70(9,10)46-34-30-42-64-56(60)12-2/h11-12,49-54H,1-2,13-48H2,3-10H3. The van der Waals surface area contributed by atoms with Gasteiger partial charge in [-0.1, -0.05) is 129 Å². The van der Waals surface area contributed by atoms with Gasteiger partial charge >= 0.3 is 11.9 Å². The van der Waals surface area contributed by atoms with Gasteiger partial charge in [0.05, 0.1) is 25.4 Å². The van der Waals surface area contributed by atoms with Gasteiger partial charge in [0.2, 0.25) is 0 Å². The summed E-state index contributed by atoms with van der Waals surface area (Å²) in [6, 6.07) is 4.66. The molecule has 70 heavy (non-hydrogen) atoms. The summed E-state index contributed by atoms with van der Waals surface area (Å²) in [4.78, 5) is 22.4. The van der Waals surface area contributed by atoms with Gasteiger partial charge in [0.15, 0.2) is 33.3 Å². The largest absolute Gasteiger partial charge is 0.463 e. The number of carbonyl (C=O) groups is 2. The number of alkyl halides is 2. The Morgan fingerprint density at radius 3 is 1.16 bits per heavy atom. The fourth-order valence-corrected chi connectivity index (χ4v) is 29.2. The Morgan fingerprint density at radius 2 is 0.771 bits per heavy atom. The van der Waals surface area contributed by atoms with Gasteiger partial charge in [-0.25, -0.2) is 18.4 Å². The molecule has 14 heteroatoms. The lowest BCUT2D eigenvalue weighted by Crippen LogP contribution is -2.44. The van der Waals surface area contributed by atoms with Crippen molar-refractivity contribution in [2.75, 3.05) is 26.4 Å². The predicted octanol–water partition coefficient (Wildman–Crippen LogP) is 16.9. The van der Waals surface area contributed by atoms with Gasteiger partial charge in [0.1, 0.15) is 12.3 Å². The molecule has 410 valence electrons. The van der Waals surface area contributed by atoms with Crippen LogP contribution in [0, 0.1) is 11.8 Å². The van der Waals surface area contributed by atoms with E-state index in [0.29, 0.717) is 26.2 Å². The number of carbonyl (C=O) groups excluding carboxylic acids is 2. The van der Waals surface area contributed by atoms with Crippen molar-refractivity contribution in [2.24, 2.45) is 11.8 Å². The maximum atomic E-state index is 15.5. The topological polar surface area (TPSA) is 89.5 Å². The molecule has 0 saturated heterocycles. The lowest BCUT2D eigenvalue weighted by molar-refractivity contribution is -0.138. The predicted molar refractivity (Wildman–Crippen MR) is 299 cm³/mol. The van der Waals surface area contributed by atoms with Crippen LogP contribution >= 0.6 is 0 Å². The minimum atomic E-state index is -1.72. The maximum Gasteiger partial charge on any atom is 0.330 e. The molecular formula is C56H108F2O8Si4. The molecule has 2 aliphatic rings. The zero-order chi connectivity index (χ0) is 51.7. The lowest BCUT2D eigenvalue weighted by Gasteiger charge is -2.41. The van der Waals surface area contributed by atoms with Gasteiger partial charge in [-0.2, -0.15) is 0 Å². The summed E-state index contributed by atoms with van der Waals surface area (Å²) in [5, 5.41) is 0. The average molecular weight is 1060 g/mol. The van der Waals surface area contributed by atoms with E-state index in [9.17, 15) is 9.59 Å². The van der Waals surface area contributed by atoms with E-state index in [-0.39, 0.29) is 36.3 Å². The fraction of sp³-hybridized carbons (Fsp3) is 0.893. The summed E-state index contributed by atoms with van der Waals surface area (Å²) in [6.45, 7) is 28.0. The molecule has 0 aromatic carbocycles. The van der Waals surface area contributed by atoms with Crippen molar-refractivity contribution >= 4 is 45.2 Å². The van der Waals surface area contributed by atoms with Crippen LogP contribution in [0.15, 0.2) is 25.3 Å². The highest BCUT2D eigenvalue weighted by molar-refractivity contribution is 6.85. The number of unbranched alkanes of at least 4 members (excludes halogenated alkanes) is 18. The van der Waals surface area contributed by atoms with E-state index in [0.717, 1.165) is 89.3 Å². The smallest absolute Gasteiger partial charge is 0.330 e. The summed E-state index contributed by atoms with van der Waals surface area (Å²) in [5.74, 6) is -0.599. The van der Waals surface area contributed by atoms with Gasteiger partial charge in [0.25, 0.3) is 0 Å². The van der Waals surface area contributed by atoms with Crippen LogP contribution in [-0.4, -0.2) is 96.2 Å². The highest BCUT2D eigenvalue weighted by Gasteiger charge is 2.43. The van der Waals surface area contributed by atoms with Crippen molar-refractivity contribution in [3.63, 3.8) is 0 Å². The molecule has 4 atom stereocenters. The van der Waals surface area contributed by atoms with Crippen LogP contribution in [-0.2, 0) is 36.8 Å². The van der Waals surface area contributed by atoms with E-state index in [2.05, 4.69) is 65.5 Å². The second kappa shape index (κ2) is 36.9. The maximum absolute atomic E-state index is 15.5. The van der Waals surface area contributed by atoms with E-state index in [1.54, 1.807) is 0 Å². The van der Waals surface area contributed by atoms with Crippen molar-refractivity contribution in [3.05, 3.63) is 25.3 Å². The van der Waals surface area contributed by atoms with Gasteiger partial charge < -0.3 is 27.2 Å². The van der Waals surface area contributed by atoms with E-state index < -0.39 is 51.7 Å². The molecule has 0 aromatic heterocycles. The summed E-state index contributed by atoms with van der Waals surface area (Å²) in [7, 11) is -6.78. The first kappa shape index (κ1) is 65.1. The second-order valence-electron chi connectivity index (χ2n) is 23.7. The monoisotopic (exact) mass is 1060 g/mol. The van der Waals surface area contributed by atoms with Gasteiger partial charge in [-0.3, -0.25) is 0 Å². The minimum absolute atomic E-state index is 0.178. The number of esters is 2. The average Bonchev–Trinajstić information content (AvgIpc) is 3.29. The molecule has 0 heterocycles. The SMILES string of the molecule is C=CC(=O)OCCCC[Si](C)(C)O[Si](C)(C)CCCCCCCCCCCOC1CCC(C2CC(F)C(OCCCCCCCCCCC[Si](C)(C)O[Si](C)(C)CCCCOC(=O)C=C)CC2F)CC1. The molecule has 4 unspecified atom stereocenters. The van der Waals surface area contributed by atoms with Crippen molar-refractivity contribution < 1.29 is 45.5 Å². The second-order valence-corrected chi connectivity index (χ2v) is 41.5. The molecule has 0 radical (unpaired) electrons. The summed E-state index contributed by atoms with van der Waals surface area (Å²) in [5.41, 5.74) is 0. The molecule has 8 nitrogen and oxygen atoms in total. The molecule has 2 fully saturated rings. The first-order valence-electron chi connectivity index (χ1n) is 28.8. The number of hydrogen-bond donors (Lipinski definition) is 0. The number of ether oxygens (including phenoxy) is 4. The van der Waals surface area contributed by atoms with E-state index in [1.165, 1.54) is 121 Å². The minimum Gasteiger partial charge on any atom is -0.463 e. The quantitative estimate of drug-likeness (QED) is 0.0258. The van der Waals surface area contributed by atoms with Crippen LogP contribution in [0.4, 0.5) is 8.78 Å². The van der Waals surface area contributed by atoms with Crippen LogP contribution in [0.1, 0.15) is 180 Å². The third-order valence-corrected chi connectivity index (χ3v) is 30.0. The van der Waals surface area contributed by atoms with Crippen molar-refractivity contribution in [1.29, 1.82) is 0 Å². The van der Waals surface area contributed by atoms with Crippen molar-refractivity contribution in [3.8, 4) is 0 Å². The molecule has 2 rings (SSSR count). The third-order valence-electron chi connectivity index (χ3n) is 15.0. The number of halogens is 2. The Hall–Kier alpha value is -1.01. The Kier molecular flexibility index (Phi) is 34.3. The van der Waals surface area contributed by atoms with Crippen molar-refractivity contribution in [1.82, 2.24) is 0 Å². The number of hydrogen-bond acceptors (Lipinski definition) is 8. The molecule has 2 aliphatic carbocycles. The highest BCUT2D eigenvalue weighted by atomic mass is 28.4. The Balaban J connectivity index is 1.41. The van der Waals surface area contributed by atoms with Gasteiger partial charge in [-0.15, -0.1) is 0 Å². The van der Waals surface area contributed by atoms with Crippen molar-refractivity contribution in [2.45, 2.75) is 281 Å². The molecule has 0 aliphatic heterocycles. The molecule has 2 saturated carbocycles. The lowest BCUT2D eigenvalue weighted by atomic mass is 9.71. The summed E-state index contributed by atoms with van der Waals surface area (Å²) in [6.07, 6.45) is 30.5. The Morgan fingerprint density at radius 1 is 0.443 bits per heavy atom. The summed E-state index contributed by atoms with van der Waals surface area (Å²) < 4.78 is 66.9. The molecular weight excluding hydrogens is 951 g/mol. The summed E-state index contributed by atoms with van der Waals surface area (Å²) >= 11 is 0. The van der Waals surface area contributed by atoms with E-state index in [1.807, 2.05) is 0 Å². The van der Waals surface area contributed by atoms with Crippen LogP contribution in [0.3, 0.4) is 0 Å². The first-order valence-corrected chi connectivity index (χ1v) is 41.2. The zero-order valence-corrected chi connectivity index (χ0v) is 50.5. The van der Waals surface area contributed by atoms with E-state index >= 15 is 8.78 Å². The van der Waals surface area contributed by atoms with Crippen LogP contribution in [0.2, 0.25) is 76.6 Å². The zero-order valence-electron chi connectivity index (χ0n) is 46.5. The number of rotatable bonds is 43. The molecule has 0 bridgehead atoms.